The number of hydrogen-bond acceptors (Lipinski definition) is 4. The minimum atomic E-state index is 0.304. The quantitative estimate of drug-likeness (QED) is 0.845. The Morgan fingerprint density at radius 3 is 2.85 bits per heavy atom. The summed E-state index contributed by atoms with van der Waals surface area (Å²) in [5.74, 6) is 1.47. The number of imidazole rings is 2. The van der Waals surface area contributed by atoms with Crippen molar-refractivity contribution >= 4 is 5.91 Å². The molecule has 2 aliphatic heterocycles. The van der Waals surface area contributed by atoms with Gasteiger partial charge < -0.3 is 14.5 Å². The van der Waals surface area contributed by atoms with Gasteiger partial charge in [0.05, 0.1) is 12.9 Å². The molecule has 7 nitrogen and oxygen atoms in total. The van der Waals surface area contributed by atoms with E-state index in [0.717, 1.165) is 63.6 Å². The number of nitrogens with one attached hydrogen (secondary N) is 1. The average Bonchev–Trinajstić information content (AvgIpc) is 3.36. The third-order valence-electron chi connectivity index (χ3n) is 6.38. The van der Waals surface area contributed by atoms with Crippen LogP contribution in [0.2, 0.25) is 0 Å². The van der Waals surface area contributed by atoms with Crippen molar-refractivity contribution in [2.24, 2.45) is 5.41 Å². The number of rotatable bonds is 6. The Hall–Kier alpha value is -2.15. The molecule has 0 radical (unpaired) electrons. The van der Waals surface area contributed by atoms with Gasteiger partial charge in [0.1, 0.15) is 5.82 Å². The highest BCUT2D eigenvalue weighted by Gasteiger charge is 2.40. The summed E-state index contributed by atoms with van der Waals surface area (Å²) in [5.41, 5.74) is 1.40. The van der Waals surface area contributed by atoms with Crippen LogP contribution in [0.4, 0.5) is 0 Å². The van der Waals surface area contributed by atoms with E-state index in [1.807, 2.05) is 12.4 Å². The molecule has 1 spiro atoms. The summed E-state index contributed by atoms with van der Waals surface area (Å²) in [4.78, 5) is 28.7. The number of carbonyl (C=O) groups is 1. The summed E-state index contributed by atoms with van der Waals surface area (Å²) in [5, 5.41) is 0. The van der Waals surface area contributed by atoms with Gasteiger partial charge in [-0.05, 0) is 44.7 Å². The molecule has 0 atom stereocenters. The summed E-state index contributed by atoms with van der Waals surface area (Å²) in [6.07, 6.45) is 12.5. The van der Waals surface area contributed by atoms with Crippen LogP contribution in [-0.2, 0) is 24.3 Å². The lowest BCUT2D eigenvalue weighted by Crippen LogP contribution is -2.51. The smallest absolute Gasteiger partial charge is 0.222 e. The maximum absolute atomic E-state index is 12.4. The van der Waals surface area contributed by atoms with E-state index in [9.17, 15) is 4.79 Å². The molecule has 0 unspecified atom stereocenters. The lowest BCUT2D eigenvalue weighted by atomic mass is 9.72. The van der Waals surface area contributed by atoms with Gasteiger partial charge in [0, 0.05) is 56.8 Å². The number of aryl methyl sites for hydroxylation is 1. The molecule has 146 valence electrons. The van der Waals surface area contributed by atoms with Gasteiger partial charge in [-0.2, -0.15) is 0 Å². The topological polar surface area (TPSA) is 70.1 Å². The molecule has 0 saturated carbocycles. The number of amides is 1. The van der Waals surface area contributed by atoms with E-state index in [1.165, 1.54) is 12.8 Å². The Bertz CT molecular complexity index is 744. The molecule has 27 heavy (non-hydrogen) atoms. The summed E-state index contributed by atoms with van der Waals surface area (Å²) in [6, 6.07) is 0. The van der Waals surface area contributed by atoms with Crippen LogP contribution in [0.25, 0.3) is 0 Å². The largest absolute Gasteiger partial charge is 0.348 e. The highest BCUT2D eigenvalue weighted by Crippen LogP contribution is 2.40. The number of nitrogens with zero attached hydrogens (tertiary/aromatic N) is 5. The molecule has 2 aliphatic rings. The van der Waals surface area contributed by atoms with Crippen LogP contribution < -0.4 is 0 Å². The van der Waals surface area contributed by atoms with Gasteiger partial charge in [-0.1, -0.05) is 0 Å². The SMILES string of the molecule is CCn1ccnc1CN1CCC2(CCC(=O)N(CCc3cnc[nH]3)C2)CC1. The van der Waals surface area contributed by atoms with E-state index in [0.29, 0.717) is 17.7 Å². The molecule has 4 rings (SSSR count). The fourth-order valence-corrected chi connectivity index (χ4v) is 4.56. The number of piperidine rings is 2. The fraction of sp³-hybridized carbons (Fsp3) is 0.650. The van der Waals surface area contributed by atoms with Crippen LogP contribution in [0.5, 0.6) is 0 Å². The zero-order valence-corrected chi connectivity index (χ0v) is 16.2. The van der Waals surface area contributed by atoms with Gasteiger partial charge >= 0.3 is 0 Å². The van der Waals surface area contributed by atoms with Gasteiger partial charge in [-0.25, -0.2) is 9.97 Å². The molecule has 0 bridgehead atoms. The van der Waals surface area contributed by atoms with Crippen molar-refractivity contribution in [3.63, 3.8) is 0 Å². The number of likely N-dealkylation sites (tertiary alicyclic amines) is 2. The summed E-state index contributed by atoms with van der Waals surface area (Å²) < 4.78 is 2.22. The zero-order chi connectivity index (χ0) is 18.7. The average molecular weight is 371 g/mol. The highest BCUT2D eigenvalue weighted by molar-refractivity contribution is 5.77. The van der Waals surface area contributed by atoms with Crippen molar-refractivity contribution in [3.05, 3.63) is 36.4 Å². The van der Waals surface area contributed by atoms with Crippen molar-refractivity contribution in [1.82, 2.24) is 29.3 Å². The van der Waals surface area contributed by atoms with Gasteiger partial charge in [0.2, 0.25) is 5.91 Å². The second kappa shape index (κ2) is 7.84. The molecule has 0 aliphatic carbocycles. The van der Waals surface area contributed by atoms with E-state index >= 15 is 0 Å². The molecule has 4 heterocycles. The maximum Gasteiger partial charge on any atom is 0.222 e. The number of carbonyl (C=O) groups excluding carboxylic acids is 1. The number of hydrogen-bond donors (Lipinski definition) is 1. The van der Waals surface area contributed by atoms with Gasteiger partial charge in [-0.3, -0.25) is 9.69 Å². The van der Waals surface area contributed by atoms with Crippen molar-refractivity contribution in [1.29, 1.82) is 0 Å². The fourth-order valence-electron chi connectivity index (χ4n) is 4.56. The van der Waals surface area contributed by atoms with Gasteiger partial charge in [0.15, 0.2) is 0 Å². The van der Waals surface area contributed by atoms with Gasteiger partial charge in [-0.15, -0.1) is 0 Å². The van der Waals surface area contributed by atoms with Crippen molar-refractivity contribution < 1.29 is 4.79 Å². The molecule has 2 aromatic rings. The third kappa shape index (κ3) is 4.08. The van der Waals surface area contributed by atoms with E-state index < -0.39 is 0 Å². The maximum atomic E-state index is 12.4. The molecule has 2 aromatic heterocycles. The predicted molar refractivity (Wildman–Crippen MR) is 103 cm³/mol. The summed E-state index contributed by atoms with van der Waals surface area (Å²) >= 11 is 0. The molecule has 1 amide bonds. The van der Waals surface area contributed by atoms with Crippen LogP contribution in [0.15, 0.2) is 24.9 Å². The first kappa shape index (κ1) is 18.2. The molecule has 2 fully saturated rings. The van der Waals surface area contributed by atoms with Crippen molar-refractivity contribution in [3.8, 4) is 0 Å². The van der Waals surface area contributed by atoms with E-state index in [1.54, 1.807) is 6.33 Å². The molecule has 7 heteroatoms. The Labute approximate surface area is 160 Å². The highest BCUT2D eigenvalue weighted by atomic mass is 16.2. The molecule has 0 aromatic carbocycles. The summed E-state index contributed by atoms with van der Waals surface area (Å²) in [7, 11) is 0. The standard InChI is InChI=1S/C20H30N6O/c1-2-25-12-8-22-18(25)14-24-10-6-20(7-11-24)5-3-19(27)26(15-20)9-4-17-13-21-16-23-17/h8,12-13,16H,2-7,9-11,14-15H2,1H3,(H,21,23). The van der Waals surface area contributed by atoms with Gasteiger partial charge in [0.25, 0.3) is 0 Å². The van der Waals surface area contributed by atoms with Crippen molar-refractivity contribution in [2.45, 2.75) is 52.1 Å². The van der Waals surface area contributed by atoms with Crippen LogP contribution in [0.3, 0.4) is 0 Å². The lowest BCUT2D eigenvalue weighted by Gasteiger charge is -2.47. The van der Waals surface area contributed by atoms with E-state index in [-0.39, 0.29) is 0 Å². The molecule has 1 N–H and O–H groups in total. The molecular formula is C20H30N6O. The Morgan fingerprint density at radius 2 is 2.11 bits per heavy atom. The lowest BCUT2D eigenvalue weighted by molar-refractivity contribution is -0.139. The third-order valence-corrected chi connectivity index (χ3v) is 6.38. The summed E-state index contributed by atoms with van der Waals surface area (Å²) in [6.45, 7) is 7.96. The van der Waals surface area contributed by atoms with Crippen LogP contribution in [-0.4, -0.2) is 61.4 Å². The van der Waals surface area contributed by atoms with Crippen molar-refractivity contribution in [2.75, 3.05) is 26.2 Å². The molecule has 2 saturated heterocycles. The van der Waals surface area contributed by atoms with Crippen LogP contribution in [0.1, 0.15) is 44.1 Å². The first-order valence-electron chi connectivity index (χ1n) is 10.1. The number of H-pyrrole nitrogens is 1. The Kier molecular flexibility index (Phi) is 5.29. The Balaban J connectivity index is 1.32. The zero-order valence-electron chi connectivity index (χ0n) is 16.2. The minimum absolute atomic E-state index is 0.304. The second-order valence-corrected chi connectivity index (χ2v) is 8.05. The normalized spacial score (nSPS) is 20.5. The number of aromatic amines is 1. The van der Waals surface area contributed by atoms with E-state index in [4.69, 9.17) is 0 Å². The second-order valence-electron chi connectivity index (χ2n) is 8.05. The Morgan fingerprint density at radius 1 is 1.26 bits per heavy atom. The van der Waals surface area contributed by atoms with E-state index in [2.05, 4.69) is 42.4 Å². The number of aromatic nitrogens is 4. The minimum Gasteiger partial charge on any atom is -0.348 e. The first-order valence-corrected chi connectivity index (χ1v) is 10.1. The molecular weight excluding hydrogens is 340 g/mol. The monoisotopic (exact) mass is 370 g/mol. The predicted octanol–water partition coefficient (Wildman–Crippen LogP) is 2.07. The van der Waals surface area contributed by atoms with Crippen LogP contribution >= 0.6 is 0 Å². The van der Waals surface area contributed by atoms with Crippen LogP contribution in [0, 0.1) is 5.41 Å². The first-order chi connectivity index (χ1) is 13.2.